The molecule has 2 heterocycles. The van der Waals surface area contributed by atoms with Crippen molar-refractivity contribution < 1.29 is 27.8 Å². The highest BCUT2D eigenvalue weighted by molar-refractivity contribution is 7.15. The van der Waals surface area contributed by atoms with Crippen molar-refractivity contribution in [2.75, 3.05) is 0 Å². The summed E-state index contributed by atoms with van der Waals surface area (Å²) >= 11 is 1.39. The Morgan fingerprint density at radius 1 is 1.16 bits per heavy atom. The van der Waals surface area contributed by atoms with Gasteiger partial charge >= 0.3 is 12.1 Å². The number of aryl methyl sites for hydroxylation is 2. The van der Waals surface area contributed by atoms with E-state index >= 15 is 0 Å². The van der Waals surface area contributed by atoms with E-state index in [0.29, 0.717) is 22.9 Å². The second-order valence-corrected chi connectivity index (χ2v) is 8.35. The summed E-state index contributed by atoms with van der Waals surface area (Å²) in [6.07, 6.45) is -2.47. The summed E-state index contributed by atoms with van der Waals surface area (Å²) in [5.74, 6) is -0.181. The number of hydrogen-bond donors (Lipinski definition) is 1. The molecule has 0 bridgehead atoms. The number of benzene rings is 2. The lowest BCUT2D eigenvalue weighted by Crippen LogP contribution is -2.03. The van der Waals surface area contributed by atoms with Crippen LogP contribution in [0, 0.1) is 6.92 Å². The molecular formula is C23H19F3N2O3S. The van der Waals surface area contributed by atoms with E-state index in [4.69, 9.17) is 9.84 Å². The van der Waals surface area contributed by atoms with Gasteiger partial charge in [-0.1, -0.05) is 12.1 Å². The number of carbonyl (C=O) groups is 1. The number of fused-ring (bicyclic) bond motifs is 1. The van der Waals surface area contributed by atoms with Gasteiger partial charge in [0.05, 0.1) is 22.6 Å². The Labute approximate surface area is 185 Å². The molecule has 2 aromatic carbocycles. The van der Waals surface area contributed by atoms with Crippen LogP contribution in [0.5, 0.6) is 5.75 Å². The van der Waals surface area contributed by atoms with Crippen molar-refractivity contribution in [3.05, 3.63) is 70.9 Å². The molecule has 32 heavy (non-hydrogen) atoms. The smallest absolute Gasteiger partial charge is 0.416 e. The lowest BCUT2D eigenvalue weighted by molar-refractivity contribution is -0.138. The lowest BCUT2D eigenvalue weighted by Gasteiger charge is -2.07. The molecule has 0 saturated carbocycles. The average Bonchev–Trinajstić information content (AvgIpc) is 3.33. The van der Waals surface area contributed by atoms with Crippen LogP contribution >= 0.6 is 11.3 Å². The van der Waals surface area contributed by atoms with E-state index in [-0.39, 0.29) is 13.0 Å². The number of halogens is 3. The molecule has 2 aromatic heterocycles. The first kappa shape index (κ1) is 21.9. The summed E-state index contributed by atoms with van der Waals surface area (Å²) in [6, 6.07) is 12.5. The molecule has 4 aromatic rings. The molecular weight excluding hydrogens is 441 g/mol. The summed E-state index contributed by atoms with van der Waals surface area (Å²) in [5.41, 5.74) is 1.63. The van der Waals surface area contributed by atoms with Crippen LogP contribution in [0.25, 0.3) is 21.5 Å². The number of nitrogens with zero attached hydrogens (tertiary/aromatic N) is 2. The van der Waals surface area contributed by atoms with Crippen LogP contribution in [-0.4, -0.2) is 20.6 Å². The number of ether oxygens (including phenoxy) is 1. The Morgan fingerprint density at radius 3 is 2.59 bits per heavy atom. The summed E-state index contributed by atoms with van der Waals surface area (Å²) in [6.45, 7) is 2.52. The van der Waals surface area contributed by atoms with Crippen LogP contribution in [-0.2, 0) is 24.1 Å². The SMILES string of the molecule is Cc1nc(-c2ccc(C(F)(F)F)cc2)sc1COc1ccc2c(ccn2CCC(=O)O)c1. The van der Waals surface area contributed by atoms with Gasteiger partial charge in [0, 0.05) is 29.2 Å². The Morgan fingerprint density at radius 2 is 1.91 bits per heavy atom. The number of aliphatic carboxylic acids is 1. The number of carboxylic acids is 1. The van der Waals surface area contributed by atoms with Gasteiger partial charge in [-0.05, 0) is 43.3 Å². The Hall–Kier alpha value is -3.33. The first-order chi connectivity index (χ1) is 15.2. The van der Waals surface area contributed by atoms with Crippen LogP contribution in [0.2, 0.25) is 0 Å². The van der Waals surface area contributed by atoms with E-state index in [1.807, 2.05) is 42.0 Å². The van der Waals surface area contributed by atoms with Gasteiger partial charge in [0.25, 0.3) is 0 Å². The fraction of sp³-hybridized carbons (Fsp3) is 0.217. The molecule has 0 atom stereocenters. The molecule has 0 aliphatic rings. The van der Waals surface area contributed by atoms with Crippen molar-refractivity contribution in [2.45, 2.75) is 32.7 Å². The van der Waals surface area contributed by atoms with Gasteiger partial charge in [-0.2, -0.15) is 13.2 Å². The molecule has 5 nitrogen and oxygen atoms in total. The second kappa shape index (κ2) is 8.66. The monoisotopic (exact) mass is 460 g/mol. The Kier molecular flexibility index (Phi) is 5.92. The van der Waals surface area contributed by atoms with Gasteiger partial charge in [-0.3, -0.25) is 4.79 Å². The largest absolute Gasteiger partial charge is 0.488 e. The first-order valence-electron chi connectivity index (χ1n) is 9.78. The van der Waals surface area contributed by atoms with Crippen LogP contribution in [0.15, 0.2) is 54.7 Å². The molecule has 0 radical (unpaired) electrons. The van der Waals surface area contributed by atoms with Crippen molar-refractivity contribution in [2.24, 2.45) is 0 Å². The summed E-state index contributed by atoms with van der Waals surface area (Å²) in [5, 5.41) is 10.4. The van der Waals surface area contributed by atoms with E-state index in [9.17, 15) is 18.0 Å². The van der Waals surface area contributed by atoms with Crippen LogP contribution < -0.4 is 4.74 Å². The zero-order valence-electron chi connectivity index (χ0n) is 17.0. The minimum atomic E-state index is -4.37. The molecule has 166 valence electrons. The van der Waals surface area contributed by atoms with Crippen molar-refractivity contribution in [3.63, 3.8) is 0 Å². The van der Waals surface area contributed by atoms with E-state index in [2.05, 4.69) is 4.98 Å². The molecule has 4 rings (SSSR count). The lowest BCUT2D eigenvalue weighted by atomic mass is 10.1. The maximum atomic E-state index is 12.8. The third kappa shape index (κ3) is 4.77. The molecule has 0 fully saturated rings. The number of alkyl halides is 3. The fourth-order valence-electron chi connectivity index (χ4n) is 3.32. The number of hydrogen-bond acceptors (Lipinski definition) is 4. The topological polar surface area (TPSA) is 64.4 Å². The predicted molar refractivity (Wildman–Crippen MR) is 116 cm³/mol. The van der Waals surface area contributed by atoms with Crippen molar-refractivity contribution in [1.82, 2.24) is 9.55 Å². The minimum Gasteiger partial charge on any atom is -0.488 e. The van der Waals surface area contributed by atoms with E-state index in [0.717, 1.165) is 33.6 Å². The van der Waals surface area contributed by atoms with Gasteiger partial charge < -0.3 is 14.4 Å². The average molecular weight is 460 g/mol. The Balaban J connectivity index is 1.45. The molecule has 0 aliphatic heterocycles. The maximum absolute atomic E-state index is 12.8. The van der Waals surface area contributed by atoms with E-state index in [1.54, 1.807) is 0 Å². The second-order valence-electron chi connectivity index (χ2n) is 7.26. The summed E-state index contributed by atoms with van der Waals surface area (Å²) < 4.78 is 46.1. The molecule has 0 amide bonds. The van der Waals surface area contributed by atoms with Crippen molar-refractivity contribution in [1.29, 1.82) is 0 Å². The number of aromatic nitrogens is 2. The highest BCUT2D eigenvalue weighted by Gasteiger charge is 2.30. The van der Waals surface area contributed by atoms with Crippen LogP contribution in [0.1, 0.15) is 22.6 Å². The molecule has 0 aliphatic carbocycles. The quantitative estimate of drug-likeness (QED) is 0.360. The van der Waals surface area contributed by atoms with Crippen LogP contribution in [0.3, 0.4) is 0 Å². The molecule has 0 spiro atoms. The molecule has 0 unspecified atom stereocenters. The van der Waals surface area contributed by atoms with Crippen molar-refractivity contribution in [3.8, 4) is 16.3 Å². The van der Waals surface area contributed by atoms with E-state index < -0.39 is 17.7 Å². The highest BCUT2D eigenvalue weighted by Crippen LogP contribution is 2.33. The zero-order chi connectivity index (χ0) is 22.9. The fourth-order valence-corrected chi connectivity index (χ4v) is 4.30. The summed E-state index contributed by atoms with van der Waals surface area (Å²) in [4.78, 5) is 16.2. The van der Waals surface area contributed by atoms with Crippen molar-refractivity contribution >= 4 is 28.2 Å². The molecule has 9 heteroatoms. The molecule has 1 N–H and O–H groups in total. The first-order valence-corrected chi connectivity index (χ1v) is 10.6. The zero-order valence-corrected chi connectivity index (χ0v) is 17.8. The standard InChI is InChI=1S/C23H19F3N2O3S/c1-14-20(32-22(27-14)15-2-4-17(5-3-15)23(24,25)26)13-31-18-6-7-19-16(12-18)8-10-28(19)11-9-21(29)30/h2-8,10,12H,9,11,13H2,1H3,(H,29,30). The minimum absolute atomic E-state index is 0.0496. The number of carboxylic acid groups (broad SMARTS) is 1. The number of rotatable bonds is 7. The van der Waals surface area contributed by atoms with Gasteiger partial charge in [0.15, 0.2) is 0 Å². The van der Waals surface area contributed by atoms with E-state index in [1.165, 1.54) is 23.5 Å². The highest BCUT2D eigenvalue weighted by atomic mass is 32.1. The van der Waals surface area contributed by atoms with Gasteiger partial charge in [-0.25, -0.2) is 4.98 Å². The normalized spacial score (nSPS) is 11.8. The van der Waals surface area contributed by atoms with Gasteiger partial charge in [0.1, 0.15) is 17.4 Å². The third-order valence-electron chi connectivity index (χ3n) is 5.03. The van der Waals surface area contributed by atoms with Crippen LogP contribution in [0.4, 0.5) is 13.2 Å². The number of thiazole rings is 1. The molecule has 0 saturated heterocycles. The van der Waals surface area contributed by atoms with Gasteiger partial charge in [0.2, 0.25) is 0 Å². The van der Waals surface area contributed by atoms with Gasteiger partial charge in [-0.15, -0.1) is 11.3 Å². The third-order valence-corrected chi connectivity index (χ3v) is 6.21. The maximum Gasteiger partial charge on any atom is 0.416 e. The predicted octanol–water partition coefficient (Wildman–Crippen LogP) is 6.15. The Bertz CT molecular complexity index is 1260. The summed E-state index contributed by atoms with van der Waals surface area (Å²) in [7, 11) is 0.